The number of carbonyl (C=O) groups is 2. The van der Waals surface area contributed by atoms with Crippen molar-refractivity contribution in [2.24, 2.45) is 0 Å². The van der Waals surface area contributed by atoms with Gasteiger partial charge in [-0.15, -0.1) is 0 Å². The summed E-state index contributed by atoms with van der Waals surface area (Å²) in [6, 6.07) is 11.4. The van der Waals surface area contributed by atoms with E-state index in [0.29, 0.717) is 17.1 Å². The van der Waals surface area contributed by atoms with Crippen LogP contribution in [0.15, 0.2) is 62.6 Å². The number of aryl methyl sites for hydroxylation is 1. The van der Waals surface area contributed by atoms with Gasteiger partial charge in [-0.3, -0.25) is 9.59 Å². The number of benzene rings is 1. The number of rotatable bonds is 7. The third kappa shape index (κ3) is 3.52. The van der Waals surface area contributed by atoms with Gasteiger partial charge in [-0.2, -0.15) is 0 Å². The van der Waals surface area contributed by atoms with Gasteiger partial charge < -0.3 is 23.6 Å². The Bertz CT molecular complexity index is 1100. The molecule has 1 atom stereocenters. The first-order valence-corrected chi connectivity index (χ1v) is 9.82. The summed E-state index contributed by atoms with van der Waals surface area (Å²) in [5.74, 6) is -0.695. The number of ketones is 1. The van der Waals surface area contributed by atoms with Crippen molar-refractivity contribution in [1.29, 1.82) is 0 Å². The molecule has 0 radical (unpaired) electrons. The molecule has 1 aliphatic rings. The summed E-state index contributed by atoms with van der Waals surface area (Å²) in [7, 11) is 0. The normalized spacial score (nSPS) is 17.0. The summed E-state index contributed by atoms with van der Waals surface area (Å²) in [5, 5.41) is 11.4. The number of aliphatic hydroxyl groups is 1. The van der Waals surface area contributed by atoms with Gasteiger partial charge in [0, 0.05) is 11.9 Å². The van der Waals surface area contributed by atoms with Crippen LogP contribution in [0.1, 0.15) is 42.0 Å². The van der Waals surface area contributed by atoms with E-state index in [1.54, 1.807) is 37.3 Å². The van der Waals surface area contributed by atoms with Crippen molar-refractivity contribution in [3.8, 4) is 0 Å². The van der Waals surface area contributed by atoms with E-state index in [1.807, 2.05) is 26.0 Å². The molecule has 0 saturated carbocycles. The molecule has 0 spiro atoms. The first kappa shape index (κ1) is 20.0. The highest BCUT2D eigenvalue weighted by Gasteiger charge is 2.45. The molecule has 3 heterocycles. The van der Waals surface area contributed by atoms with Crippen LogP contribution in [-0.4, -0.2) is 41.0 Å². The largest absolute Gasteiger partial charge is 0.503 e. The molecule has 4 rings (SSSR count). The minimum absolute atomic E-state index is 0.00906. The van der Waals surface area contributed by atoms with Crippen LogP contribution < -0.4 is 0 Å². The number of fused-ring (bicyclic) bond motifs is 1. The molecule has 1 aromatic carbocycles. The lowest BCUT2D eigenvalue weighted by atomic mass is 9.99. The number of amides is 1. The predicted octanol–water partition coefficient (Wildman–Crippen LogP) is 4.34. The predicted molar refractivity (Wildman–Crippen MR) is 109 cm³/mol. The zero-order valence-electron chi connectivity index (χ0n) is 17.0. The molecule has 1 aliphatic heterocycles. The highest BCUT2D eigenvalue weighted by molar-refractivity contribution is 6.15. The maximum Gasteiger partial charge on any atom is 0.290 e. The third-order valence-electron chi connectivity index (χ3n) is 5.01. The second-order valence-electron chi connectivity index (χ2n) is 7.51. The maximum absolute atomic E-state index is 13.3. The van der Waals surface area contributed by atoms with Gasteiger partial charge >= 0.3 is 0 Å². The average Bonchev–Trinajstić information content (AvgIpc) is 3.39. The van der Waals surface area contributed by atoms with Gasteiger partial charge in [-0.25, -0.2) is 0 Å². The first-order valence-electron chi connectivity index (χ1n) is 9.82. The minimum atomic E-state index is -0.859. The Hall–Kier alpha value is -3.32. The lowest BCUT2D eigenvalue weighted by Crippen LogP contribution is -2.34. The number of ether oxygens (including phenoxy) is 1. The van der Waals surface area contributed by atoms with Crippen molar-refractivity contribution in [2.75, 3.05) is 13.2 Å². The highest BCUT2D eigenvalue weighted by atomic mass is 16.5. The van der Waals surface area contributed by atoms with Crippen LogP contribution >= 0.6 is 0 Å². The smallest absolute Gasteiger partial charge is 0.290 e. The molecule has 7 nitrogen and oxygen atoms in total. The molecule has 1 unspecified atom stereocenters. The van der Waals surface area contributed by atoms with Crippen LogP contribution in [-0.2, 0) is 9.53 Å². The summed E-state index contributed by atoms with van der Waals surface area (Å²) in [4.78, 5) is 27.5. The van der Waals surface area contributed by atoms with E-state index in [2.05, 4.69) is 0 Å². The molecule has 0 saturated heterocycles. The number of furan rings is 2. The molecule has 2 aromatic heterocycles. The van der Waals surface area contributed by atoms with Gasteiger partial charge in [-0.05, 0) is 45.0 Å². The Morgan fingerprint density at radius 1 is 1.20 bits per heavy atom. The Balaban J connectivity index is 1.73. The van der Waals surface area contributed by atoms with Crippen LogP contribution in [0.2, 0.25) is 0 Å². The van der Waals surface area contributed by atoms with Gasteiger partial charge in [-0.1, -0.05) is 18.2 Å². The zero-order valence-corrected chi connectivity index (χ0v) is 17.0. The second kappa shape index (κ2) is 7.84. The van der Waals surface area contributed by atoms with E-state index >= 15 is 0 Å². The van der Waals surface area contributed by atoms with Gasteiger partial charge in [0.05, 0.1) is 18.3 Å². The molecule has 156 valence electrons. The molecule has 1 amide bonds. The van der Waals surface area contributed by atoms with Gasteiger partial charge in [0.2, 0.25) is 5.78 Å². The lowest BCUT2D eigenvalue weighted by molar-refractivity contribution is -0.130. The number of hydrogen-bond donors (Lipinski definition) is 1. The fourth-order valence-electron chi connectivity index (χ4n) is 3.63. The molecular weight excluding hydrogens is 386 g/mol. The number of nitrogens with zero attached hydrogens (tertiary/aromatic N) is 1. The van der Waals surface area contributed by atoms with Crippen LogP contribution in [0.3, 0.4) is 0 Å². The molecule has 0 bridgehead atoms. The van der Waals surface area contributed by atoms with Crippen LogP contribution in [0.25, 0.3) is 11.0 Å². The Morgan fingerprint density at radius 3 is 2.63 bits per heavy atom. The molecule has 30 heavy (non-hydrogen) atoms. The van der Waals surface area contributed by atoms with E-state index in [0.717, 1.165) is 5.39 Å². The van der Waals surface area contributed by atoms with Crippen molar-refractivity contribution >= 4 is 22.7 Å². The fourth-order valence-corrected chi connectivity index (χ4v) is 3.63. The zero-order chi connectivity index (χ0) is 21.4. The quantitative estimate of drug-likeness (QED) is 0.584. The fraction of sp³-hybridized carbons (Fsp3) is 0.304. The average molecular weight is 409 g/mol. The van der Waals surface area contributed by atoms with Crippen molar-refractivity contribution in [3.63, 3.8) is 0 Å². The SMILES string of the molecule is Cc1ccc(C2C(C(=O)c3cc4ccccc4o3)=C(O)C(=O)N2CCOC(C)C)o1. The Labute approximate surface area is 173 Å². The molecule has 0 fully saturated rings. The molecular formula is C23H23NO6. The molecule has 7 heteroatoms. The Morgan fingerprint density at radius 2 is 1.97 bits per heavy atom. The number of hydrogen-bond acceptors (Lipinski definition) is 6. The second-order valence-corrected chi connectivity index (χ2v) is 7.51. The van der Waals surface area contributed by atoms with Gasteiger partial charge in [0.1, 0.15) is 23.1 Å². The summed E-state index contributed by atoms with van der Waals surface area (Å²) in [6.07, 6.45) is -0.00906. The van der Waals surface area contributed by atoms with E-state index in [9.17, 15) is 14.7 Å². The van der Waals surface area contributed by atoms with Crippen molar-refractivity contribution in [3.05, 3.63) is 71.1 Å². The first-order chi connectivity index (χ1) is 14.4. The van der Waals surface area contributed by atoms with Crippen molar-refractivity contribution < 1.29 is 28.3 Å². The molecule has 1 N–H and O–H groups in total. The summed E-state index contributed by atoms with van der Waals surface area (Å²) in [6.45, 7) is 6.02. The van der Waals surface area contributed by atoms with Gasteiger partial charge in [0.15, 0.2) is 11.5 Å². The van der Waals surface area contributed by atoms with E-state index in [-0.39, 0.29) is 30.6 Å². The number of Topliss-reactive ketones (excluding diaryl/α,β-unsaturated/α-hetero) is 1. The van der Waals surface area contributed by atoms with E-state index in [4.69, 9.17) is 13.6 Å². The lowest BCUT2D eigenvalue weighted by Gasteiger charge is -2.25. The molecule has 0 aliphatic carbocycles. The maximum atomic E-state index is 13.3. The highest BCUT2D eigenvalue weighted by Crippen LogP contribution is 2.40. The van der Waals surface area contributed by atoms with Crippen molar-refractivity contribution in [1.82, 2.24) is 4.90 Å². The number of carbonyl (C=O) groups excluding carboxylic acids is 2. The van der Waals surface area contributed by atoms with Crippen LogP contribution in [0.5, 0.6) is 0 Å². The van der Waals surface area contributed by atoms with Crippen LogP contribution in [0.4, 0.5) is 0 Å². The summed E-state index contributed by atoms with van der Waals surface area (Å²) < 4.78 is 17.0. The van der Waals surface area contributed by atoms with Gasteiger partial charge in [0.25, 0.3) is 5.91 Å². The topological polar surface area (TPSA) is 93.1 Å². The standard InChI is InChI=1S/C23H23NO6/c1-13(2)28-11-10-24-20(17-9-8-14(3)29-17)19(22(26)23(24)27)21(25)18-12-15-6-4-5-7-16(15)30-18/h4-9,12-13,20,26H,10-11H2,1-3H3. The van der Waals surface area contributed by atoms with E-state index < -0.39 is 23.5 Å². The minimum Gasteiger partial charge on any atom is -0.503 e. The summed E-state index contributed by atoms with van der Waals surface area (Å²) in [5.41, 5.74) is 0.496. The Kier molecular flexibility index (Phi) is 5.22. The number of para-hydroxylation sites is 1. The summed E-state index contributed by atoms with van der Waals surface area (Å²) >= 11 is 0. The number of aliphatic hydroxyl groups excluding tert-OH is 1. The van der Waals surface area contributed by atoms with Crippen molar-refractivity contribution in [2.45, 2.75) is 32.9 Å². The monoisotopic (exact) mass is 409 g/mol. The van der Waals surface area contributed by atoms with E-state index in [1.165, 1.54) is 4.90 Å². The molecule has 3 aromatic rings. The van der Waals surface area contributed by atoms with Crippen LogP contribution in [0, 0.1) is 6.92 Å². The third-order valence-corrected chi connectivity index (χ3v) is 5.01.